The predicted octanol–water partition coefficient (Wildman–Crippen LogP) is 2.29. The molecule has 0 radical (unpaired) electrons. The molecule has 1 aromatic rings. The van der Waals surface area contributed by atoms with Gasteiger partial charge < -0.3 is 0 Å². The molecule has 1 amide bonds. The number of hydrogen-bond donors (Lipinski definition) is 0. The molecule has 0 spiro atoms. The summed E-state index contributed by atoms with van der Waals surface area (Å²) in [5.74, 6) is -0.0603. The van der Waals surface area contributed by atoms with E-state index in [0.29, 0.717) is 26.2 Å². The van der Waals surface area contributed by atoms with Crippen LogP contribution in [0.1, 0.15) is 32.6 Å². The van der Waals surface area contributed by atoms with Crippen molar-refractivity contribution in [3.05, 3.63) is 30.3 Å². The Morgan fingerprint density at radius 2 is 2.00 bits per heavy atom. The third kappa shape index (κ3) is 3.99. The van der Waals surface area contributed by atoms with E-state index in [0.717, 1.165) is 19.3 Å². The Bertz CT molecular complexity index is 515. The first kappa shape index (κ1) is 17.2. The number of nitrogens with zero attached hydrogens (tertiary/aromatic N) is 1. The SMILES string of the molecule is CCC([Se]c1ccccc1)[C@H]1CCCC(=O)[C@@H]1C(=O)N(C)C. The first-order valence-corrected chi connectivity index (χ1v) is 9.84. The zero-order chi connectivity index (χ0) is 16.1. The van der Waals surface area contributed by atoms with Gasteiger partial charge >= 0.3 is 139 Å². The van der Waals surface area contributed by atoms with Crippen LogP contribution in [0.4, 0.5) is 0 Å². The van der Waals surface area contributed by atoms with E-state index in [4.69, 9.17) is 0 Å². The molecule has 3 atom stereocenters. The molecule has 2 rings (SSSR count). The van der Waals surface area contributed by atoms with Crippen LogP contribution in [0.15, 0.2) is 30.3 Å². The molecule has 0 saturated heterocycles. The van der Waals surface area contributed by atoms with Gasteiger partial charge in [0, 0.05) is 0 Å². The Hall–Kier alpha value is -1.12. The number of rotatable bonds is 5. The van der Waals surface area contributed by atoms with E-state index >= 15 is 0 Å². The van der Waals surface area contributed by atoms with Gasteiger partial charge in [0.05, 0.1) is 0 Å². The van der Waals surface area contributed by atoms with Crippen LogP contribution in [0.2, 0.25) is 4.82 Å². The average Bonchev–Trinajstić information content (AvgIpc) is 2.52. The van der Waals surface area contributed by atoms with Crippen LogP contribution in [0.25, 0.3) is 0 Å². The zero-order valence-corrected chi connectivity index (χ0v) is 15.3. The van der Waals surface area contributed by atoms with E-state index in [-0.39, 0.29) is 17.6 Å². The fourth-order valence-electron chi connectivity index (χ4n) is 3.22. The fraction of sp³-hybridized carbons (Fsp3) is 0.556. The summed E-state index contributed by atoms with van der Waals surface area (Å²) in [6.45, 7) is 2.19. The summed E-state index contributed by atoms with van der Waals surface area (Å²) in [4.78, 5) is 26.9. The number of amides is 1. The van der Waals surface area contributed by atoms with E-state index in [1.165, 1.54) is 4.46 Å². The third-order valence-electron chi connectivity index (χ3n) is 4.35. The molecular weight excluding hydrogens is 341 g/mol. The predicted molar refractivity (Wildman–Crippen MR) is 90.4 cm³/mol. The zero-order valence-electron chi connectivity index (χ0n) is 13.6. The molecule has 1 fully saturated rings. The normalized spacial score (nSPS) is 23.1. The second-order valence-corrected chi connectivity index (χ2v) is 8.86. The van der Waals surface area contributed by atoms with Crippen LogP contribution in [0.3, 0.4) is 0 Å². The molecule has 1 aliphatic carbocycles. The van der Waals surface area contributed by atoms with E-state index < -0.39 is 5.92 Å². The molecule has 0 N–H and O–H groups in total. The second kappa shape index (κ2) is 7.94. The number of ketones is 1. The summed E-state index contributed by atoms with van der Waals surface area (Å²) in [6, 6.07) is 10.5. The van der Waals surface area contributed by atoms with Crippen LogP contribution in [0.5, 0.6) is 0 Å². The first-order valence-electron chi connectivity index (χ1n) is 8.00. The van der Waals surface area contributed by atoms with Crippen molar-refractivity contribution < 1.29 is 9.59 Å². The Morgan fingerprint density at radius 1 is 1.32 bits per heavy atom. The number of carbonyl (C=O) groups is 2. The van der Waals surface area contributed by atoms with Gasteiger partial charge in [0.2, 0.25) is 0 Å². The molecule has 1 aromatic carbocycles. The van der Waals surface area contributed by atoms with E-state index in [1.54, 1.807) is 19.0 Å². The van der Waals surface area contributed by atoms with Crippen molar-refractivity contribution in [2.24, 2.45) is 11.8 Å². The Kier molecular flexibility index (Phi) is 6.22. The van der Waals surface area contributed by atoms with Gasteiger partial charge in [0.15, 0.2) is 0 Å². The van der Waals surface area contributed by atoms with Crippen LogP contribution in [-0.4, -0.2) is 45.6 Å². The van der Waals surface area contributed by atoms with Crippen LogP contribution in [0, 0.1) is 11.8 Å². The molecule has 4 heteroatoms. The number of hydrogen-bond acceptors (Lipinski definition) is 2. The summed E-state index contributed by atoms with van der Waals surface area (Å²) in [6.07, 6.45) is 3.53. The van der Waals surface area contributed by atoms with Crippen molar-refractivity contribution in [3.63, 3.8) is 0 Å². The molecule has 1 saturated carbocycles. The van der Waals surface area contributed by atoms with Gasteiger partial charge in [-0.2, -0.15) is 0 Å². The Balaban J connectivity index is 2.20. The monoisotopic (exact) mass is 367 g/mol. The summed E-state index contributed by atoms with van der Waals surface area (Å²) < 4.78 is 1.36. The average molecular weight is 366 g/mol. The number of carbonyl (C=O) groups excluding carboxylic acids is 2. The summed E-state index contributed by atoms with van der Waals surface area (Å²) in [5, 5.41) is 0. The van der Waals surface area contributed by atoms with Gasteiger partial charge in [-0.25, -0.2) is 0 Å². The van der Waals surface area contributed by atoms with Crippen LogP contribution in [-0.2, 0) is 9.59 Å². The first-order chi connectivity index (χ1) is 10.5. The Labute approximate surface area is 139 Å². The van der Waals surface area contributed by atoms with Gasteiger partial charge in [-0.15, -0.1) is 0 Å². The Morgan fingerprint density at radius 3 is 2.59 bits per heavy atom. The van der Waals surface area contributed by atoms with Gasteiger partial charge in [-0.1, -0.05) is 0 Å². The molecule has 0 aliphatic heterocycles. The molecule has 1 unspecified atom stereocenters. The summed E-state index contributed by atoms with van der Waals surface area (Å²) >= 11 is 0.309. The van der Waals surface area contributed by atoms with Crippen molar-refractivity contribution in [1.82, 2.24) is 4.90 Å². The minimum absolute atomic E-state index is 0.00277. The molecule has 1 aliphatic rings. The summed E-state index contributed by atoms with van der Waals surface area (Å²) in [7, 11) is 3.51. The molecule has 0 heterocycles. The maximum atomic E-state index is 12.5. The minimum atomic E-state index is -0.417. The van der Waals surface area contributed by atoms with Crippen molar-refractivity contribution in [2.75, 3.05) is 14.1 Å². The molecule has 120 valence electrons. The molecule has 0 bridgehead atoms. The van der Waals surface area contributed by atoms with E-state index in [1.807, 2.05) is 6.07 Å². The fourth-order valence-corrected chi connectivity index (χ4v) is 5.94. The van der Waals surface area contributed by atoms with Gasteiger partial charge in [-0.05, 0) is 0 Å². The number of Topliss-reactive ketones (excluding diaryl/α,β-unsaturated/α-hetero) is 1. The van der Waals surface area contributed by atoms with Gasteiger partial charge in [-0.3, -0.25) is 0 Å². The molecule has 3 nitrogen and oxygen atoms in total. The van der Waals surface area contributed by atoms with Gasteiger partial charge in [0.25, 0.3) is 0 Å². The van der Waals surface area contributed by atoms with Crippen LogP contribution < -0.4 is 4.46 Å². The third-order valence-corrected chi connectivity index (χ3v) is 7.56. The van der Waals surface area contributed by atoms with Crippen LogP contribution >= 0.6 is 0 Å². The van der Waals surface area contributed by atoms with E-state index in [9.17, 15) is 9.59 Å². The molecular formula is C18H25NO2Se. The van der Waals surface area contributed by atoms with Crippen molar-refractivity contribution in [1.29, 1.82) is 0 Å². The standard InChI is InChI=1S/C18H25NO2Se/c1-4-16(22-13-9-6-5-7-10-13)14-11-8-12-15(20)17(14)18(21)19(2)3/h5-7,9-10,14,16-17H,4,8,11-12H2,1-3H3/t14-,16?,17-/m1/s1. The molecule has 22 heavy (non-hydrogen) atoms. The summed E-state index contributed by atoms with van der Waals surface area (Å²) in [5.41, 5.74) is 0. The van der Waals surface area contributed by atoms with Crippen molar-refractivity contribution in [3.8, 4) is 0 Å². The quantitative estimate of drug-likeness (QED) is 0.592. The maximum absolute atomic E-state index is 12.5. The van der Waals surface area contributed by atoms with Crippen molar-refractivity contribution >= 4 is 31.1 Å². The number of benzene rings is 1. The van der Waals surface area contributed by atoms with E-state index in [2.05, 4.69) is 31.2 Å². The molecule has 0 aromatic heterocycles. The second-order valence-electron chi connectivity index (χ2n) is 6.11. The van der Waals surface area contributed by atoms with Gasteiger partial charge in [0.1, 0.15) is 0 Å². The topological polar surface area (TPSA) is 37.4 Å². The van der Waals surface area contributed by atoms with Crippen molar-refractivity contribution in [2.45, 2.75) is 37.4 Å².